The van der Waals surface area contributed by atoms with Crippen LogP contribution in [0.15, 0.2) is 327 Å². The summed E-state index contributed by atoms with van der Waals surface area (Å²) in [6.45, 7) is 21.2. The molecule has 15 heteroatoms. The molecule has 15 aromatic carbocycles. The van der Waals surface area contributed by atoms with Gasteiger partial charge in [-0.05, 0) is 233 Å². The van der Waals surface area contributed by atoms with Gasteiger partial charge in [0.25, 0.3) is 6.33 Å². The molecule has 0 amide bonds. The summed E-state index contributed by atoms with van der Waals surface area (Å²) in [6, 6.07) is 81.4. The fraction of sp³-hybridized carbons (Fsp3) is 0.130. The Hall–Kier alpha value is -16.0. The number of aryl methyl sites for hydroxylation is 13. The minimum absolute atomic E-state index is 0.923. The third-order valence-corrected chi connectivity index (χ3v) is 26.2. The molecular weight excluding hydrogens is 1600 g/mol. The molecule has 25 aromatic rings. The number of benzene rings is 15. The van der Waals surface area contributed by atoms with Gasteiger partial charge < -0.3 is 22.1 Å². The molecule has 0 bridgehead atoms. The molecule has 630 valence electrons. The lowest BCUT2D eigenvalue weighted by Crippen LogP contribution is -2.31. The lowest BCUT2D eigenvalue weighted by molar-refractivity contribution is -0.663. The molecule has 15 nitrogen and oxygen atoms in total. The van der Waals surface area contributed by atoms with E-state index in [2.05, 4.69) is 341 Å². The van der Waals surface area contributed by atoms with Crippen molar-refractivity contribution in [2.45, 2.75) is 69.2 Å². The monoisotopic (exact) mass is 1700 g/mol. The average Bonchev–Trinajstić information content (AvgIpc) is 1.57. The zero-order valence-electron chi connectivity index (χ0n) is 75.4. The second-order valence-electron chi connectivity index (χ2n) is 34.8. The van der Waals surface area contributed by atoms with E-state index in [1.165, 1.54) is 120 Å². The van der Waals surface area contributed by atoms with Crippen molar-refractivity contribution in [3.05, 3.63) is 361 Å². The molecule has 0 aliphatic carbocycles. The number of furan rings is 5. The zero-order valence-corrected chi connectivity index (χ0v) is 75.4. The predicted molar refractivity (Wildman–Crippen MR) is 526 cm³/mol. The first-order valence-corrected chi connectivity index (χ1v) is 43.9. The van der Waals surface area contributed by atoms with Gasteiger partial charge in [0.2, 0.25) is 22.8 Å². The second-order valence-corrected chi connectivity index (χ2v) is 34.8. The van der Waals surface area contributed by atoms with Crippen molar-refractivity contribution in [3.63, 3.8) is 0 Å². The Balaban J connectivity index is 0.0000000984. The van der Waals surface area contributed by atoms with Gasteiger partial charge in [-0.25, -0.2) is 9.55 Å². The highest BCUT2D eigenvalue weighted by Gasteiger charge is 2.29. The summed E-state index contributed by atoms with van der Waals surface area (Å²) in [5.74, 6) is 0. The number of nitrogens with zero attached hydrogens (tertiary/aromatic N) is 10. The summed E-state index contributed by atoms with van der Waals surface area (Å²) in [7, 11) is 10.2. The van der Waals surface area contributed by atoms with E-state index in [1.54, 1.807) is 18.6 Å². The smallest absolute Gasteiger partial charge is 0.286 e. The van der Waals surface area contributed by atoms with Gasteiger partial charge >= 0.3 is 0 Å². The highest BCUT2D eigenvalue weighted by Crippen LogP contribution is 2.46. The molecule has 0 atom stereocenters. The number of rotatable bonds is 5. The molecule has 0 saturated heterocycles. The maximum absolute atomic E-state index is 6.44. The molecule has 0 spiro atoms. The Morgan fingerprint density at radius 2 is 0.554 bits per heavy atom. The van der Waals surface area contributed by atoms with E-state index in [0.717, 1.165) is 156 Å². The van der Waals surface area contributed by atoms with Crippen LogP contribution >= 0.6 is 0 Å². The van der Waals surface area contributed by atoms with Crippen LogP contribution in [0.1, 0.15) is 55.9 Å². The van der Waals surface area contributed by atoms with Crippen molar-refractivity contribution in [2.75, 3.05) is 0 Å². The van der Waals surface area contributed by atoms with Gasteiger partial charge in [-0.15, -0.1) is 0 Å². The fourth-order valence-corrected chi connectivity index (χ4v) is 19.2. The van der Waals surface area contributed by atoms with E-state index in [1.807, 2.05) is 97.9 Å². The van der Waals surface area contributed by atoms with Crippen molar-refractivity contribution >= 4 is 164 Å². The Bertz CT molecular complexity index is 8980. The Kier molecular flexibility index (Phi) is 20.2. The average molecular weight is 1700 g/mol. The van der Waals surface area contributed by atoms with Gasteiger partial charge in [-0.1, -0.05) is 157 Å². The number of hydrogen-bond acceptors (Lipinski definition) is 10. The van der Waals surface area contributed by atoms with E-state index in [0.29, 0.717) is 0 Å². The topological polar surface area (TPSA) is 150 Å². The summed E-state index contributed by atoms with van der Waals surface area (Å²) in [5.41, 5.74) is 32.0. The fourth-order valence-electron chi connectivity index (χ4n) is 19.2. The lowest BCUT2D eigenvalue weighted by atomic mass is 9.96. The lowest BCUT2D eigenvalue weighted by Gasteiger charge is -2.10. The molecule has 10 heterocycles. The molecule has 0 unspecified atom stereocenters. The number of hydrogen-bond donors (Lipinski definition) is 0. The number of fused-ring (bicyclic) bond motifs is 20. The van der Waals surface area contributed by atoms with Crippen molar-refractivity contribution in [1.29, 1.82) is 0 Å². The first-order valence-electron chi connectivity index (χ1n) is 43.9. The van der Waals surface area contributed by atoms with E-state index < -0.39 is 0 Å². The van der Waals surface area contributed by atoms with Crippen LogP contribution in [0.25, 0.3) is 220 Å². The first kappa shape index (κ1) is 81.1. The molecule has 25 rings (SSSR count). The van der Waals surface area contributed by atoms with Crippen LogP contribution in [0.3, 0.4) is 0 Å². The number of aromatic nitrogens is 10. The van der Waals surface area contributed by atoms with Crippen LogP contribution < -0.4 is 22.8 Å². The third-order valence-electron chi connectivity index (χ3n) is 26.2. The molecule has 10 aromatic heterocycles. The second kappa shape index (κ2) is 32.5. The van der Waals surface area contributed by atoms with Gasteiger partial charge in [0.15, 0.2) is 30.5 Å². The maximum atomic E-state index is 6.44. The first-order chi connectivity index (χ1) is 63.1. The van der Waals surface area contributed by atoms with Gasteiger partial charge in [0, 0.05) is 66.9 Å². The molecule has 0 fully saturated rings. The van der Waals surface area contributed by atoms with Gasteiger partial charge in [0.05, 0.1) is 78.2 Å². The highest BCUT2D eigenvalue weighted by atomic mass is 16.3. The Morgan fingerprint density at radius 1 is 0.231 bits per heavy atom. The minimum Gasteiger partial charge on any atom is -0.455 e. The molecule has 0 N–H and O–H groups in total. The van der Waals surface area contributed by atoms with Crippen LogP contribution in [0.2, 0.25) is 0 Å². The quantitative estimate of drug-likeness (QED) is 0.152. The van der Waals surface area contributed by atoms with Crippen LogP contribution in [0.4, 0.5) is 0 Å². The van der Waals surface area contributed by atoms with Crippen LogP contribution in [-0.4, -0.2) is 24.9 Å². The van der Waals surface area contributed by atoms with Crippen LogP contribution in [-0.2, 0) is 35.2 Å². The van der Waals surface area contributed by atoms with Crippen molar-refractivity contribution in [3.8, 4) is 56.3 Å². The third kappa shape index (κ3) is 14.2. The van der Waals surface area contributed by atoms with Crippen molar-refractivity contribution < 1.29 is 44.9 Å². The summed E-state index contributed by atoms with van der Waals surface area (Å²) >= 11 is 0. The molecule has 0 aliphatic rings. The summed E-state index contributed by atoms with van der Waals surface area (Å²) < 4.78 is 42.4. The van der Waals surface area contributed by atoms with Gasteiger partial charge in [-0.3, -0.25) is 15.0 Å². The van der Waals surface area contributed by atoms with Crippen LogP contribution in [0, 0.1) is 69.2 Å². The summed E-state index contributed by atoms with van der Waals surface area (Å²) in [4.78, 5) is 21.9. The Morgan fingerprint density at radius 3 is 0.938 bits per heavy atom. The molecule has 0 radical (unpaired) electrons. The van der Waals surface area contributed by atoms with E-state index in [9.17, 15) is 0 Å². The van der Waals surface area contributed by atoms with Crippen molar-refractivity contribution in [1.82, 2.24) is 24.9 Å². The van der Waals surface area contributed by atoms with Crippen LogP contribution in [0.5, 0.6) is 0 Å². The zero-order chi connectivity index (χ0) is 89.2. The van der Waals surface area contributed by atoms with Gasteiger partial charge in [-0.2, -0.15) is 18.3 Å². The summed E-state index contributed by atoms with van der Waals surface area (Å²) in [5, 5.41) is 23.8. The largest absolute Gasteiger partial charge is 0.455 e. The maximum Gasteiger partial charge on any atom is 0.286 e. The van der Waals surface area contributed by atoms with E-state index >= 15 is 0 Å². The minimum atomic E-state index is 0.923. The van der Waals surface area contributed by atoms with E-state index in [-0.39, 0.29) is 0 Å². The normalized spacial score (nSPS) is 11.7. The highest BCUT2D eigenvalue weighted by molar-refractivity contribution is 6.19. The summed E-state index contributed by atoms with van der Waals surface area (Å²) in [6.07, 6.45) is 22.9. The molecular formula is C115H95N10O5+5. The predicted octanol–water partition coefficient (Wildman–Crippen LogP) is 26.2. The molecule has 0 aliphatic heterocycles. The standard InChI is InChI=1S/C24H21N2O.3C23H19N2O.C22H17N2O/c1-14-9-20-19-11-17-7-5-6-8-18(17)12-22(19)27-24(20)23(16(14)3)21-10-15(2)25-13-26(21)4;1-14-10-19-18-11-16-6-4-5-7-17(16)12-21(18)26-23(19)22(15(14)2)20-13-24-8-9-25(20)3;1-14-10-15(2)22(19-13-24-8-9-25(19)3)23-21(14)18-11-16-6-4-5-7-17(16)12-20(18)26-23;1-14-8-9-18-19-10-16-6-4-5-7-17(16)11-21(19)26-23(18)22(14)20-12-24-15(2)13-25(20)3;1-14-7-8-17-18-11-15-5-3-4-6-16(15)12-20(18)25-22(17)21(14)19-13-23-9-10-24(19)2/h5-13H,1-4H3;3*4-13H,1-3H3;3-13H,1-2H3/q5*+1. The molecule has 130 heavy (non-hydrogen) atoms. The molecule has 0 saturated carbocycles. The van der Waals surface area contributed by atoms with E-state index in [4.69, 9.17) is 22.1 Å². The van der Waals surface area contributed by atoms with Gasteiger partial charge in [0.1, 0.15) is 95.4 Å². The SMILES string of the molecule is Cc1c[n+](C)c(-c2c(C)ccc3c2oc2cc4ccccc4cc23)cn1.Cc1cc(-c2c(C)c(C)cc3c2oc2cc4ccccc4cc23)[n+](C)cn1.Cc1cc(C)c2c(oc3cc4ccccc4cc32)c1-c1cncc[n+]1C.Cc1cc2c(oc3cc4ccccc4cc32)c(-c2cncc[n+]2C)c1C.Cc1ccc2c(oc3cc4ccccc4cc32)c1-c1cncc[n+]1C. The van der Waals surface area contributed by atoms with Crippen molar-refractivity contribution in [2.24, 2.45) is 35.2 Å². The Labute approximate surface area is 750 Å².